The fourth-order valence-corrected chi connectivity index (χ4v) is 6.67. The first-order valence-electron chi connectivity index (χ1n) is 17.1. The van der Waals surface area contributed by atoms with Crippen LogP contribution < -0.4 is 9.47 Å². The average Bonchev–Trinajstić information content (AvgIpc) is 3.25. The Balaban J connectivity index is 1.94. The predicted octanol–water partition coefficient (Wildman–Crippen LogP) is 11.6. The molecule has 0 aliphatic heterocycles. The van der Waals surface area contributed by atoms with Crippen molar-refractivity contribution in [3.63, 3.8) is 0 Å². The maximum atomic E-state index is 6.53. The van der Waals surface area contributed by atoms with Gasteiger partial charge < -0.3 is 9.47 Å². The molecule has 0 spiro atoms. The topological polar surface area (TPSA) is 18.5 Å². The zero-order chi connectivity index (χ0) is 32.6. The molecule has 0 saturated heterocycles. The highest BCUT2D eigenvalue weighted by molar-refractivity contribution is 5.87. The third-order valence-electron chi connectivity index (χ3n) is 9.39. The summed E-state index contributed by atoms with van der Waals surface area (Å²) in [5.74, 6) is 1.90. The predicted molar refractivity (Wildman–Crippen MR) is 191 cm³/mol. The molecule has 4 aromatic carbocycles. The van der Waals surface area contributed by atoms with Gasteiger partial charge in [-0.1, -0.05) is 128 Å². The molecule has 238 valence electrons. The molecular formula is C43H54O2. The molecule has 0 bridgehead atoms. The van der Waals surface area contributed by atoms with E-state index in [-0.39, 0.29) is 10.8 Å². The van der Waals surface area contributed by atoms with Crippen LogP contribution in [0.25, 0.3) is 11.1 Å². The molecule has 5 rings (SSSR count). The second-order valence-electron chi connectivity index (χ2n) is 15.2. The molecule has 45 heavy (non-hydrogen) atoms. The summed E-state index contributed by atoms with van der Waals surface area (Å²) in [6.45, 7) is 24.1. The summed E-state index contributed by atoms with van der Waals surface area (Å²) in [4.78, 5) is 0. The first-order valence-corrected chi connectivity index (χ1v) is 17.1. The van der Waals surface area contributed by atoms with Crippen molar-refractivity contribution in [1.82, 2.24) is 0 Å². The Labute approximate surface area is 273 Å². The van der Waals surface area contributed by atoms with E-state index in [4.69, 9.17) is 9.47 Å². The van der Waals surface area contributed by atoms with Crippen molar-refractivity contribution in [3.8, 4) is 22.6 Å². The van der Waals surface area contributed by atoms with Gasteiger partial charge in [-0.15, -0.1) is 0 Å². The molecule has 0 N–H and O–H groups in total. The number of rotatable bonds is 10. The molecule has 0 fully saturated rings. The third kappa shape index (κ3) is 6.44. The van der Waals surface area contributed by atoms with Crippen LogP contribution in [-0.4, -0.2) is 13.2 Å². The van der Waals surface area contributed by atoms with E-state index in [0.717, 1.165) is 50.4 Å². The minimum atomic E-state index is -0.545. The van der Waals surface area contributed by atoms with Crippen LogP contribution in [0.5, 0.6) is 11.5 Å². The van der Waals surface area contributed by atoms with Gasteiger partial charge in [-0.2, -0.15) is 0 Å². The molecule has 0 unspecified atom stereocenters. The van der Waals surface area contributed by atoms with Crippen LogP contribution >= 0.6 is 0 Å². The van der Waals surface area contributed by atoms with Gasteiger partial charge in [-0.25, -0.2) is 0 Å². The van der Waals surface area contributed by atoms with Crippen LogP contribution in [0.3, 0.4) is 0 Å². The fourth-order valence-electron chi connectivity index (χ4n) is 6.67. The number of benzene rings is 4. The lowest BCUT2D eigenvalue weighted by Gasteiger charge is -2.37. The molecule has 0 atom stereocenters. The van der Waals surface area contributed by atoms with Gasteiger partial charge in [0.15, 0.2) is 0 Å². The zero-order valence-corrected chi connectivity index (χ0v) is 29.5. The number of hydrogen-bond donors (Lipinski definition) is 0. The molecule has 0 radical (unpaired) electrons. The summed E-state index contributed by atoms with van der Waals surface area (Å²) in [7, 11) is 0. The minimum absolute atomic E-state index is 0.0504. The second kappa shape index (κ2) is 12.7. The Kier molecular flexibility index (Phi) is 9.28. The first kappa shape index (κ1) is 32.9. The van der Waals surface area contributed by atoms with Crippen molar-refractivity contribution in [1.29, 1.82) is 0 Å². The van der Waals surface area contributed by atoms with E-state index >= 15 is 0 Å². The normalized spacial score (nSPS) is 13.8. The smallest absolute Gasteiger partial charge is 0.119 e. The van der Waals surface area contributed by atoms with Gasteiger partial charge in [0.1, 0.15) is 11.5 Å². The summed E-state index contributed by atoms with van der Waals surface area (Å²) < 4.78 is 13.1. The summed E-state index contributed by atoms with van der Waals surface area (Å²) in [6, 6.07) is 28.1. The number of ether oxygens (including phenoxy) is 2. The van der Waals surface area contributed by atoms with Crippen molar-refractivity contribution in [2.75, 3.05) is 13.2 Å². The van der Waals surface area contributed by atoms with E-state index < -0.39 is 5.41 Å². The van der Waals surface area contributed by atoms with Crippen molar-refractivity contribution < 1.29 is 9.47 Å². The van der Waals surface area contributed by atoms with Gasteiger partial charge in [0.25, 0.3) is 0 Å². The summed E-state index contributed by atoms with van der Waals surface area (Å²) >= 11 is 0. The molecular weight excluding hydrogens is 548 g/mol. The third-order valence-corrected chi connectivity index (χ3v) is 9.39. The van der Waals surface area contributed by atoms with Crippen LogP contribution in [0.2, 0.25) is 0 Å². The number of aryl methyl sites for hydroxylation is 2. The molecule has 2 nitrogen and oxygen atoms in total. The highest BCUT2D eigenvalue weighted by Crippen LogP contribution is 2.58. The molecule has 0 amide bonds. The maximum absolute atomic E-state index is 6.53. The zero-order valence-electron chi connectivity index (χ0n) is 29.5. The second-order valence-corrected chi connectivity index (χ2v) is 15.2. The van der Waals surface area contributed by atoms with Crippen molar-refractivity contribution in [2.24, 2.45) is 0 Å². The molecule has 0 saturated carbocycles. The Bertz CT molecular complexity index is 1540. The van der Waals surface area contributed by atoms with E-state index in [1.54, 1.807) is 0 Å². The van der Waals surface area contributed by atoms with Crippen molar-refractivity contribution >= 4 is 0 Å². The molecule has 1 aliphatic rings. The summed E-state index contributed by atoms with van der Waals surface area (Å²) in [5, 5.41) is 0. The van der Waals surface area contributed by atoms with Gasteiger partial charge in [0, 0.05) is 0 Å². The van der Waals surface area contributed by atoms with Crippen molar-refractivity contribution in [3.05, 3.63) is 117 Å². The Morgan fingerprint density at radius 1 is 0.533 bits per heavy atom. The van der Waals surface area contributed by atoms with Crippen LogP contribution in [-0.2, 0) is 16.2 Å². The van der Waals surface area contributed by atoms with E-state index in [1.807, 2.05) is 0 Å². The molecule has 1 aliphatic carbocycles. The van der Waals surface area contributed by atoms with Crippen LogP contribution in [0.15, 0.2) is 72.8 Å². The number of fused-ring (bicyclic) bond motifs is 3. The van der Waals surface area contributed by atoms with Gasteiger partial charge in [0.2, 0.25) is 0 Å². The lowest BCUT2D eigenvalue weighted by molar-refractivity contribution is 0.307. The van der Waals surface area contributed by atoms with Gasteiger partial charge in [-0.05, 0) is 106 Å². The lowest BCUT2D eigenvalue weighted by atomic mass is 9.65. The van der Waals surface area contributed by atoms with E-state index in [9.17, 15) is 0 Å². The van der Waals surface area contributed by atoms with E-state index in [1.165, 1.54) is 55.6 Å². The van der Waals surface area contributed by atoms with E-state index in [2.05, 4.69) is 142 Å². The van der Waals surface area contributed by atoms with Gasteiger partial charge in [0.05, 0.1) is 18.6 Å². The Morgan fingerprint density at radius 3 is 1.29 bits per heavy atom. The Morgan fingerprint density at radius 2 is 0.933 bits per heavy atom. The molecule has 4 aromatic rings. The highest BCUT2D eigenvalue weighted by Gasteiger charge is 2.47. The standard InChI is InChI=1S/C43H54O2/c1-11-13-19-44-35-25-31(41(5,6)7)23-33(27-35)43(34-24-32(42(8,9)10)26-36(28-34)45-20-14-12-2)39-21-29(3)15-17-37(39)38-18-16-30(4)22-40(38)43/h15-18,21-28H,11-14,19-20H2,1-10H3. The monoisotopic (exact) mass is 602 g/mol. The highest BCUT2D eigenvalue weighted by atomic mass is 16.5. The minimum Gasteiger partial charge on any atom is -0.494 e. The molecule has 2 heteroatoms. The van der Waals surface area contributed by atoms with Gasteiger partial charge >= 0.3 is 0 Å². The Hall–Kier alpha value is -3.52. The summed E-state index contributed by atoms with van der Waals surface area (Å²) in [5.41, 5.74) is 12.2. The lowest BCUT2D eigenvalue weighted by Crippen LogP contribution is -2.30. The molecule has 0 heterocycles. The quantitative estimate of drug-likeness (QED) is 0.148. The van der Waals surface area contributed by atoms with Crippen LogP contribution in [0, 0.1) is 13.8 Å². The average molecular weight is 603 g/mol. The SMILES string of the molecule is CCCCOc1cc(C(C)(C)C)cc(C2(c3cc(OCCCC)cc(C(C)(C)C)c3)c3cc(C)ccc3-c3ccc(C)cc32)c1. The van der Waals surface area contributed by atoms with E-state index in [0.29, 0.717) is 0 Å². The maximum Gasteiger partial charge on any atom is 0.119 e. The van der Waals surface area contributed by atoms with Gasteiger partial charge in [-0.3, -0.25) is 0 Å². The molecule has 0 aromatic heterocycles. The first-order chi connectivity index (χ1) is 21.3. The fraction of sp³-hybridized carbons (Fsp3) is 0.442. The summed E-state index contributed by atoms with van der Waals surface area (Å²) in [6.07, 6.45) is 4.29. The largest absolute Gasteiger partial charge is 0.494 e. The van der Waals surface area contributed by atoms with Crippen molar-refractivity contribution in [2.45, 2.75) is 111 Å². The number of unbranched alkanes of at least 4 members (excludes halogenated alkanes) is 2. The van der Waals surface area contributed by atoms with Crippen LogP contribution in [0.4, 0.5) is 0 Å². The van der Waals surface area contributed by atoms with Crippen LogP contribution in [0.1, 0.15) is 126 Å². The number of hydrogen-bond acceptors (Lipinski definition) is 2.